The van der Waals surface area contributed by atoms with Gasteiger partial charge in [-0.3, -0.25) is 4.98 Å². The van der Waals surface area contributed by atoms with E-state index < -0.39 is 0 Å². The predicted octanol–water partition coefficient (Wildman–Crippen LogP) is 9.92. The van der Waals surface area contributed by atoms with Gasteiger partial charge in [0.1, 0.15) is 7.85 Å². The van der Waals surface area contributed by atoms with E-state index in [1.54, 1.807) is 0 Å². The molecule has 248 valence electrons. The molecule has 0 fully saturated rings. The lowest BCUT2D eigenvalue weighted by Gasteiger charge is -2.44. The monoisotopic (exact) mass is 644 g/mol. The second kappa shape index (κ2) is 10.4. The molecule has 2 aliphatic rings. The van der Waals surface area contributed by atoms with Gasteiger partial charge < -0.3 is 0 Å². The van der Waals surface area contributed by atoms with Crippen LogP contribution in [0.15, 0.2) is 79.0 Å². The van der Waals surface area contributed by atoms with Crippen molar-refractivity contribution in [2.45, 2.75) is 105 Å². The van der Waals surface area contributed by atoms with Crippen LogP contribution in [0.5, 0.6) is 0 Å². The highest BCUT2D eigenvalue weighted by Crippen LogP contribution is 2.63. The van der Waals surface area contributed by atoms with Crippen LogP contribution in [0.25, 0.3) is 45.4 Å². The molecule has 0 spiro atoms. The summed E-state index contributed by atoms with van der Waals surface area (Å²) in [5, 5.41) is 0. The third kappa shape index (κ3) is 4.56. The number of hydrogen-bond donors (Lipinski definition) is 0. The second-order valence-electron chi connectivity index (χ2n) is 17.6. The van der Waals surface area contributed by atoms with Crippen LogP contribution in [-0.2, 0) is 21.7 Å². The minimum absolute atomic E-state index is 0.0243. The molecule has 0 atom stereocenters. The standard InChI is InChI=1S/C44H49BN4/c1-39(2)31-20-15-27(23-33(31)41(5,6)43(39,9)10)36-47-37(28-16-21-32-34(24-28)42(7,8)44(11,12)40(32,3)4)49-38(48-36)29-17-22-35(46-25-29)26-13-18-30(45)19-14-26/h13-25H,1-12H3. The molecule has 0 saturated heterocycles. The van der Waals surface area contributed by atoms with E-state index in [9.17, 15) is 0 Å². The zero-order valence-electron chi connectivity index (χ0n) is 31.4. The van der Waals surface area contributed by atoms with Gasteiger partial charge in [0.25, 0.3) is 0 Å². The van der Waals surface area contributed by atoms with E-state index >= 15 is 0 Å². The summed E-state index contributed by atoms with van der Waals surface area (Å²) in [6.45, 7) is 28.6. The molecule has 2 heterocycles. The van der Waals surface area contributed by atoms with Crippen LogP contribution in [0.3, 0.4) is 0 Å². The maximum Gasteiger partial charge on any atom is 0.165 e. The second-order valence-corrected chi connectivity index (χ2v) is 17.6. The van der Waals surface area contributed by atoms with Crippen LogP contribution in [0, 0.1) is 10.8 Å². The minimum Gasteiger partial charge on any atom is -0.255 e. The summed E-state index contributed by atoms with van der Waals surface area (Å²) >= 11 is 0. The SMILES string of the molecule is [B]c1ccc(-c2ccc(-c3nc(-c4ccc5c(c4)C(C)(C)C(C)(C)C5(C)C)nc(-c4ccc5c(c4)C(C)(C)C(C)(C)C5(C)C)n3)cn2)cc1. The highest BCUT2D eigenvalue weighted by molar-refractivity contribution is 6.32. The van der Waals surface area contributed by atoms with Crippen LogP contribution in [0.4, 0.5) is 0 Å². The molecule has 5 heteroatoms. The number of rotatable bonds is 4. The summed E-state index contributed by atoms with van der Waals surface area (Å²) in [6, 6.07) is 25.5. The van der Waals surface area contributed by atoms with Crippen LogP contribution < -0.4 is 5.46 Å². The lowest BCUT2D eigenvalue weighted by atomic mass is 9.59. The van der Waals surface area contributed by atoms with E-state index in [1.807, 2.05) is 36.5 Å². The molecule has 5 aromatic rings. The molecule has 0 saturated carbocycles. The Morgan fingerprint density at radius 3 is 1.18 bits per heavy atom. The van der Waals surface area contributed by atoms with Crippen LogP contribution in [0.2, 0.25) is 0 Å². The molecular formula is C44H49BN4. The molecule has 0 amide bonds. The Labute approximate surface area is 294 Å². The summed E-state index contributed by atoms with van der Waals surface area (Å²) in [4.78, 5) is 20.3. The van der Waals surface area contributed by atoms with Crippen molar-refractivity contribution < 1.29 is 0 Å². The Morgan fingerprint density at radius 2 is 0.776 bits per heavy atom. The lowest BCUT2D eigenvalue weighted by molar-refractivity contribution is 0.125. The first-order valence-corrected chi connectivity index (χ1v) is 17.6. The van der Waals surface area contributed by atoms with Crippen molar-refractivity contribution in [2.24, 2.45) is 10.8 Å². The number of fused-ring (bicyclic) bond motifs is 2. The fourth-order valence-electron chi connectivity index (χ4n) is 8.51. The fourth-order valence-corrected chi connectivity index (χ4v) is 8.51. The largest absolute Gasteiger partial charge is 0.255 e. The molecule has 2 aliphatic carbocycles. The van der Waals surface area contributed by atoms with Gasteiger partial charge in [0.05, 0.1) is 5.69 Å². The predicted molar refractivity (Wildman–Crippen MR) is 204 cm³/mol. The first-order chi connectivity index (χ1) is 22.7. The van der Waals surface area contributed by atoms with Crippen molar-refractivity contribution in [3.63, 3.8) is 0 Å². The van der Waals surface area contributed by atoms with Gasteiger partial charge in [-0.2, -0.15) is 0 Å². The van der Waals surface area contributed by atoms with Crippen molar-refractivity contribution in [3.05, 3.63) is 101 Å². The molecular weight excluding hydrogens is 595 g/mol. The Balaban J connectivity index is 1.40. The van der Waals surface area contributed by atoms with Gasteiger partial charge in [-0.15, -0.1) is 0 Å². The fraction of sp³-hybridized carbons (Fsp3) is 0.409. The van der Waals surface area contributed by atoms with E-state index in [0.29, 0.717) is 17.5 Å². The molecule has 7 rings (SSSR count). The first kappa shape index (κ1) is 33.4. The quantitative estimate of drug-likeness (QED) is 0.183. The summed E-state index contributed by atoms with van der Waals surface area (Å²) in [5.41, 5.74) is 11.1. The Kier molecular flexibility index (Phi) is 7.12. The van der Waals surface area contributed by atoms with Crippen molar-refractivity contribution in [1.29, 1.82) is 0 Å². The van der Waals surface area contributed by atoms with Crippen molar-refractivity contribution in [1.82, 2.24) is 19.9 Å². The average molecular weight is 645 g/mol. The molecule has 0 bridgehead atoms. The van der Waals surface area contributed by atoms with Gasteiger partial charge in [-0.1, -0.05) is 137 Å². The number of hydrogen-bond acceptors (Lipinski definition) is 4. The number of pyridine rings is 1. The van der Waals surface area contributed by atoms with Crippen molar-refractivity contribution in [2.75, 3.05) is 0 Å². The van der Waals surface area contributed by atoms with Gasteiger partial charge in [-0.25, -0.2) is 15.0 Å². The molecule has 2 radical (unpaired) electrons. The lowest BCUT2D eigenvalue weighted by Crippen LogP contribution is -2.42. The molecule has 0 N–H and O–H groups in total. The van der Waals surface area contributed by atoms with Gasteiger partial charge in [0, 0.05) is 28.5 Å². The Hall–Kier alpha value is -4.12. The van der Waals surface area contributed by atoms with E-state index in [-0.39, 0.29) is 32.5 Å². The minimum atomic E-state index is -0.0342. The maximum atomic E-state index is 5.93. The third-order valence-electron chi connectivity index (χ3n) is 14.4. The number of nitrogens with zero attached hydrogens (tertiary/aromatic N) is 4. The molecule has 2 aromatic heterocycles. The van der Waals surface area contributed by atoms with Crippen LogP contribution in [0.1, 0.15) is 105 Å². The highest BCUT2D eigenvalue weighted by atomic mass is 15.0. The highest BCUT2D eigenvalue weighted by Gasteiger charge is 2.58. The van der Waals surface area contributed by atoms with Crippen LogP contribution >= 0.6 is 0 Å². The van der Waals surface area contributed by atoms with Gasteiger partial charge >= 0.3 is 0 Å². The topological polar surface area (TPSA) is 51.6 Å². The summed E-state index contributed by atoms with van der Waals surface area (Å²) in [6.07, 6.45) is 1.86. The Morgan fingerprint density at radius 1 is 0.408 bits per heavy atom. The normalized spacial score (nSPS) is 20.1. The van der Waals surface area contributed by atoms with E-state index in [4.69, 9.17) is 27.8 Å². The third-order valence-corrected chi connectivity index (χ3v) is 14.4. The van der Waals surface area contributed by atoms with Gasteiger partial charge in [0.15, 0.2) is 17.5 Å². The van der Waals surface area contributed by atoms with E-state index in [2.05, 4.69) is 126 Å². The average Bonchev–Trinajstić information content (AvgIpc) is 3.24. The number of aromatic nitrogens is 4. The maximum absolute atomic E-state index is 5.93. The summed E-state index contributed by atoms with van der Waals surface area (Å²) in [5.74, 6) is 1.95. The Bertz CT molecular complexity index is 2010. The van der Waals surface area contributed by atoms with E-state index in [0.717, 1.165) is 33.4 Å². The molecule has 3 aromatic carbocycles. The molecule has 0 aliphatic heterocycles. The van der Waals surface area contributed by atoms with E-state index in [1.165, 1.54) is 22.3 Å². The van der Waals surface area contributed by atoms with Crippen molar-refractivity contribution in [3.8, 4) is 45.4 Å². The first-order valence-electron chi connectivity index (χ1n) is 17.6. The van der Waals surface area contributed by atoms with Gasteiger partial charge in [0.2, 0.25) is 0 Å². The molecule has 0 unspecified atom stereocenters. The zero-order chi connectivity index (χ0) is 35.5. The van der Waals surface area contributed by atoms with Gasteiger partial charge in [-0.05, 0) is 79.0 Å². The summed E-state index contributed by atoms with van der Waals surface area (Å²) in [7, 11) is 5.93. The molecule has 4 nitrogen and oxygen atoms in total. The summed E-state index contributed by atoms with van der Waals surface area (Å²) < 4.78 is 0. The smallest absolute Gasteiger partial charge is 0.165 e. The van der Waals surface area contributed by atoms with Crippen LogP contribution in [-0.4, -0.2) is 27.8 Å². The van der Waals surface area contributed by atoms with Crippen molar-refractivity contribution >= 4 is 13.3 Å². The molecule has 49 heavy (non-hydrogen) atoms. The number of benzene rings is 3. The zero-order valence-corrected chi connectivity index (χ0v) is 31.4.